The van der Waals surface area contributed by atoms with E-state index in [1.54, 1.807) is 36.5 Å². The lowest BCUT2D eigenvalue weighted by Gasteiger charge is -2.22. The number of para-hydroxylation sites is 1. The zero-order valence-corrected chi connectivity index (χ0v) is 14.4. The normalized spacial score (nSPS) is 10.0. The van der Waals surface area contributed by atoms with Gasteiger partial charge in [-0.15, -0.1) is 0 Å². The Morgan fingerprint density at radius 1 is 1.08 bits per heavy atom. The molecule has 3 rings (SSSR count). The summed E-state index contributed by atoms with van der Waals surface area (Å²) in [6.45, 7) is 2.86. The molecule has 0 radical (unpaired) electrons. The molecule has 1 aromatic heterocycles. The number of benzene rings is 2. The van der Waals surface area contributed by atoms with Crippen LogP contribution < -0.4 is 10.2 Å². The number of anilines is 3. The predicted molar refractivity (Wildman–Crippen MR) is 102 cm³/mol. The van der Waals surface area contributed by atoms with Crippen molar-refractivity contribution in [3.05, 3.63) is 84.2 Å². The molecule has 0 aliphatic rings. The topological polar surface area (TPSA) is 69.0 Å². The van der Waals surface area contributed by atoms with Crippen LogP contribution in [0.15, 0.2) is 72.9 Å². The van der Waals surface area contributed by atoms with Gasteiger partial charge in [-0.2, -0.15) is 5.26 Å². The van der Waals surface area contributed by atoms with E-state index in [1.165, 1.54) is 0 Å². The Balaban J connectivity index is 1.76. The van der Waals surface area contributed by atoms with Gasteiger partial charge in [0.2, 0.25) is 0 Å². The minimum Gasteiger partial charge on any atom is -0.341 e. The molecule has 0 saturated heterocycles. The van der Waals surface area contributed by atoms with Gasteiger partial charge in [-0.1, -0.05) is 24.3 Å². The molecule has 0 bridgehead atoms. The van der Waals surface area contributed by atoms with Gasteiger partial charge < -0.3 is 10.2 Å². The number of nitriles is 1. The SMILES string of the molecule is CCN(c1ccccc1)c1ccc(C(=O)Nc2cccc(C#N)c2)nc1. The Morgan fingerprint density at radius 3 is 2.54 bits per heavy atom. The van der Waals surface area contributed by atoms with E-state index in [-0.39, 0.29) is 5.91 Å². The van der Waals surface area contributed by atoms with E-state index in [0.29, 0.717) is 16.9 Å². The molecule has 0 fully saturated rings. The molecule has 1 N–H and O–H groups in total. The number of carbonyl (C=O) groups excluding carboxylic acids is 1. The summed E-state index contributed by atoms with van der Waals surface area (Å²) in [4.78, 5) is 18.8. The van der Waals surface area contributed by atoms with Gasteiger partial charge in [-0.3, -0.25) is 4.79 Å². The Bertz CT molecular complexity index is 930. The van der Waals surface area contributed by atoms with Crippen molar-refractivity contribution in [2.45, 2.75) is 6.92 Å². The molecular formula is C21H18N4O. The minimum atomic E-state index is -0.311. The molecule has 2 aromatic carbocycles. The van der Waals surface area contributed by atoms with Crippen LogP contribution in [0.1, 0.15) is 23.0 Å². The van der Waals surface area contributed by atoms with Crippen molar-refractivity contribution in [1.82, 2.24) is 4.98 Å². The van der Waals surface area contributed by atoms with Crippen molar-refractivity contribution in [1.29, 1.82) is 5.26 Å². The second-order valence-corrected chi connectivity index (χ2v) is 5.63. The molecule has 1 heterocycles. The molecule has 1 amide bonds. The molecule has 5 heteroatoms. The predicted octanol–water partition coefficient (Wildman–Crippen LogP) is 4.36. The van der Waals surface area contributed by atoms with Gasteiger partial charge >= 0.3 is 0 Å². The highest BCUT2D eigenvalue weighted by atomic mass is 16.1. The fourth-order valence-corrected chi connectivity index (χ4v) is 2.66. The number of aromatic nitrogens is 1. The van der Waals surface area contributed by atoms with Crippen LogP contribution >= 0.6 is 0 Å². The van der Waals surface area contributed by atoms with Crippen molar-refractivity contribution in [3.8, 4) is 6.07 Å². The lowest BCUT2D eigenvalue weighted by Crippen LogP contribution is -2.17. The molecular weight excluding hydrogens is 324 g/mol. The standard InChI is InChI=1S/C21H18N4O/c1-2-25(18-9-4-3-5-10-18)19-11-12-20(23-15-19)21(26)24-17-8-6-7-16(13-17)14-22/h3-13,15H,2H2,1H3,(H,24,26). The van der Waals surface area contributed by atoms with Crippen LogP contribution in [0.5, 0.6) is 0 Å². The molecule has 128 valence electrons. The summed E-state index contributed by atoms with van der Waals surface area (Å²) >= 11 is 0. The van der Waals surface area contributed by atoms with Crippen LogP contribution in [-0.4, -0.2) is 17.4 Å². The number of carbonyl (C=O) groups is 1. The maximum Gasteiger partial charge on any atom is 0.274 e. The van der Waals surface area contributed by atoms with Gasteiger partial charge in [0.25, 0.3) is 5.91 Å². The number of pyridine rings is 1. The van der Waals surface area contributed by atoms with Crippen LogP contribution in [-0.2, 0) is 0 Å². The first kappa shape index (κ1) is 17.2. The highest BCUT2D eigenvalue weighted by molar-refractivity contribution is 6.03. The largest absolute Gasteiger partial charge is 0.341 e. The van der Waals surface area contributed by atoms with Crippen LogP contribution in [0.2, 0.25) is 0 Å². The van der Waals surface area contributed by atoms with Gasteiger partial charge in [-0.25, -0.2) is 4.98 Å². The summed E-state index contributed by atoms with van der Waals surface area (Å²) in [5.74, 6) is -0.311. The maximum atomic E-state index is 12.4. The van der Waals surface area contributed by atoms with Crippen molar-refractivity contribution in [3.63, 3.8) is 0 Å². The van der Waals surface area contributed by atoms with Crippen molar-refractivity contribution in [2.75, 3.05) is 16.8 Å². The molecule has 0 aliphatic carbocycles. The summed E-state index contributed by atoms with van der Waals surface area (Å²) in [5, 5.41) is 11.7. The van der Waals surface area contributed by atoms with E-state index < -0.39 is 0 Å². The van der Waals surface area contributed by atoms with Crippen LogP contribution in [0, 0.1) is 11.3 Å². The molecule has 0 spiro atoms. The smallest absolute Gasteiger partial charge is 0.274 e. The number of hydrogen-bond donors (Lipinski definition) is 1. The molecule has 0 aliphatic heterocycles. The quantitative estimate of drug-likeness (QED) is 0.748. The number of hydrogen-bond acceptors (Lipinski definition) is 4. The summed E-state index contributed by atoms with van der Waals surface area (Å²) in [5.41, 5.74) is 3.37. The monoisotopic (exact) mass is 342 g/mol. The van der Waals surface area contributed by atoms with Crippen LogP contribution in [0.3, 0.4) is 0 Å². The third-order valence-electron chi connectivity index (χ3n) is 3.93. The highest BCUT2D eigenvalue weighted by Gasteiger charge is 2.11. The zero-order valence-electron chi connectivity index (χ0n) is 14.4. The maximum absolute atomic E-state index is 12.4. The average molecular weight is 342 g/mol. The van der Waals surface area contributed by atoms with Crippen molar-refractivity contribution in [2.24, 2.45) is 0 Å². The molecule has 0 saturated carbocycles. The van der Waals surface area contributed by atoms with E-state index in [4.69, 9.17) is 5.26 Å². The van der Waals surface area contributed by atoms with E-state index in [9.17, 15) is 4.79 Å². The van der Waals surface area contributed by atoms with Crippen molar-refractivity contribution >= 4 is 23.0 Å². The lowest BCUT2D eigenvalue weighted by atomic mass is 10.2. The third kappa shape index (κ3) is 3.87. The second kappa shape index (κ2) is 7.95. The summed E-state index contributed by atoms with van der Waals surface area (Å²) in [7, 11) is 0. The van der Waals surface area contributed by atoms with E-state index >= 15 is 0 Å². The number of nitrogens with zero attached hydrogens (tertiary/aromatic N) is 3. The molecule has 5 nitrogen and oxygen atoms in total. The Hall–Kier alpha value is -3.65. The van der Waals surface area contributed by atoms with Crippen LogP contribution in [0.25, 0.3) is 0 Å². The fourth-order valence-electron chi connectivity index (χ4n) is 2.66. The molecule has 0 atom stereocenters. The van der Waals surface area contributed by atoms with E-state index in [2.05, 4.69) is 22.1 Å². The third-order valence-corrected chi connectivity index (χ3v) is 3.93. The summed E-state index contributed by atoms with van der Waals surface area (Å²) < 4.78 is 0. The fraction of sp³-hybridized carbons (Fsp3) is 0.0952. The number of nitrogens with one attached hydrogen (secondary N) is 1. The number of rotatable bonds is 5. The molecule has 0 unspecified atom stereocenters. The lowest BCUT2D eigenvalue weighted by molar-refractivity contribution is 0.102. The van der Waals surface area contributed by atoms with Crippen molar-refractivity contribution < 1.29 is 4.79 Å². The first-order valence-electron chi connectivity index (χ1n) is 8.31. The van der Waals surface area contributed by atoms with Gasteiger partial charge in [0, 0.05) is 17.9 Å². The summed E-state index contributed by atoms with van der Waals surface area (Å²) in [6.07, 6.45) is 1.69. The number of amides is 1. The van der Waals surface area contributed by atoms with E-state index in [1.807, 2.05) is 42.5 Å². The van der Waals surface area contributed by atoms with Gasteiger partial charge in [0.1, 0.15) is 5.69 Å². The van der Waals surface area contributed by atoms with Gasteiger partial charge in [-0.05, 0) is 49.4 Å². The second-order valence-electron chi connectivity index (χ2n) is 5.63. The van der Waals surface area contributed by atoms with Crippen LogP contribution in [0.4, 0.5) is 17.1 Å². The van der Waals surface area contributed by atoms with Gasteiger partial charge in [0.05, 0.1) is 23.5 Å². The highest BCUT2D eigenvalue weighted by Crippen LogP contribution is 2.24. The first-order valence-corrected chi connectivity index (χ1v) is 8.31. The Labute approximate surface area is 152 Å². The average Bonchev–Trinajstić information content (AvgIpc) is 2.70. The zero-order chi connectivity index (χ0) is 18.4. The Kier molecular flexibility index (Phi) is 5.25. The minimum absolute atomic E-state index is 0.311. The Morgan fingerprint density at radius 2 is 1.88 bits per heavy atom. The first-order chi connectivity index (χ1) is 12.7. The van der Waals surface area contributed by atoms with E-state index in [0.717, 1.165) is 17.9 Å². The molecule has 26 heavy (non-hydrogen) atoms. The molecule has 3 aromatic rings. The summed E-state index contributed by atoms with van der Waals surface area (Å²) in [6, 6.07) is 22.4. The van der Waals surface area contributed by atoms with Gasteiger partial charge in [0.15, 0.2) is 0 Å².